The highest BCUT2D eigenvalue weighted by Gasteiger charge is 2.58. The van der Waals surface area contributed by atoms with Crippen LogP contribution in [-0.2, 0) is 19.0 Å². The van der Waals surface area contributed by atoms with Crippen molar-refractivity contribution in [2.75, 3.05) is 7.11 Å². The molecule has 0 amide bonds. The van der Waals surface area contributed by atoms with Gasteiger partial charge in [-0.1, -0.05) is 32.1 Å². The molecule has 0 spiro atoms. The second kappa shape index (κ2) is 10.8. The van der Waals surface area contributed by atoms with Crippen LogP contribution < -0.4 is 0 Å². The number of rotatable bonds is 11. The number of allylic oxidation sites excluding steroid dienone is 2. The van der Waals surface area contributed by atoms with Gasteiger partial charge in [0.15, 0.2) is 0 Å². The zero-order valence-electron chi connectivity index (χ0n) is 20.6. The lowest BCUT2D eigenvalue weighted by molar-refractivity contribution is -0.143. The molecule has 2 aliphatic heterocycles. The lowest BCUT2D eigenvalue weighted by atomic mass is 9.84. The number of hydrogen-bond donors (Lipinski definition) is 3. The van der Waals surface area contributed by atoms with Crippen molar-refractivity contribution < 1.29 is 34.3 Å². The van der Waals surface area contributed by atoms with Crippen LogP contribution in [0.3, 0.4) is 0 Å². The van der Waals surface area contributed by atoms with Gasteiger partial charge in [-0.05, 0) is 52.0 Å². The third kappa shape index (κ3) is 7.12. The van der Waals surface area contributed by atoms with E-state index in [1.807, 2.05) is 32.9 Å². The summed E-state index contributed by atoms with van der Waals surface area (Å²) in [5.41, 5.74) is -0.541. The molecule has 2 fully saturated rings. The minimum absolute atomic E-state index is 0.00407. The Morgan fingerprint density at radius 3 is 2.56 bits per heavy atom. The summed E-state index contributed by atoms with van der Waals surface area (Å²) >= 11 is 0. The summed E-state index contributed by atoms with van der Waals surface area (Å²) in [5, 5.41) is 29.9. The van der Waals surface area contributed by atoms with Crippen molar-refractivity contribution in [1.29, 1.82) is 0 Å². The molecular formula is C25H42O7. The number of methoxy groups -OCH3 is 1. The molecule has 0 radical (unpaired) electrons. The molecule has 2 rings (SSSR count). The Morgan fingerprint density at radius 1 is 1.34 bits per heavy atom. The third-order valence-electron chi connectivity index (χ3n) is 6.86. The van der Waals surface area contributed by atoms with Crippen molar-refractivity contribution in [2.45, 2.75) is 109 Å². The monoisotopic (exact) mass is 454 g/mol. The smallest absolute Gasteiger partial charge is 0.305 e. The maximum absolute atomic E-state index is 11.0. The van der Waals surface area contributed by atoms with E-state index in [1.54, 1.807) is 27.0 Å². The van der Waals surface area contributed by atoms with Gasteiger partial charge in [0.2, 0.25) is 0 Å². The van der Waals surface area contributed by atoms with E-state index in [2.05, 4.69) is 6.92 Å². The van der Waals surface area contributed by atoms with Crippen LogP contribution in [0, 0.1) is 11.8 Å². The van der Waals surface area contributed by atoms with Crippen molar-refractivity contribution >= 4 is 5.97 Å². The van der Waals surface area contributed by atoms with Crippen LogP contribution in [0.25, 0.3) is 0 Å². The standard InChI is InChI=1S/C25H42O7/c1-15(21-16(2)10-11-19(31-21)13-20(27)28)9-8-12-24(5,29)14-25(6)23(32-25)17(3)22(30-7)18(4)26/h8-9,12,16-19,21-23,26,29H,10-11,13-14H2,1-7H3,(H,27,28)/b12-8+,15-9+/t16-,17+,18+,19+,21-,22+,23+,24?,25+/m0/s1. The summed E-state index contributed by atoms with van der Waals surface area (Å²) in [6.45, 7) is 11.5. The highest BCUT2D eigenvalue weighted by atomic mass is 16.6. The van der Waals surface area contributed by atoms with Gasteiger partial charge in [0.05, 0.1) is 48.1 Å². The van der Waals surface area contributed by atoms with Crippen LogP contribution in [0.4, 0.5) is 0 Å². The minimum Gasteiger partial charge on any atom is -0.481 e. The molecule has 2 aliphatic rings. The fraction of sp³-hybridized carbons (Fsp3) is 0.800. The Balaban J connectivity index is 1.97. The predicted octanol–water partition coefficient (Wildman–Crippen LogP) is 3.48. The molecule has 32 heavy (non-hydrogen) atoms. The molecule has 184 valence electrons. The van der Waals surface area contributed by atoms with E-state index >= 15 is 0 Å². The van der Waals surface area contributed by atoms with Crippen LogP contribution in [0.5, 0.6) is 0 Å². The number of epoxide rings is 1. The fourth-order valence-electron chi connectivity index (χ4n) is 5.27. The zero-order chi connectivity index (χ0) is 24.3. The molecule has 2 saturated heterocycles. The largest absolute Gasteiger partial charge is 0.481 e. The van der Waals surface area contributed by atoms with Crippen LogP contribution in [0.2, 0.25) is 0 Å². The molecule has 3 N–H and O–H groups in total. The van der Waals surface area contributed by atoms with Crippen molar-refractivity contribution in [1.82, 2.24) is 0 Å². The van der Waals surface area contributed by atoms with Crippen LogP contribution in [0.15, 0.2) is 23.8 Å². The van der Waals surface area contributed by atoms with Crippen molar-refractivity contribution in [2.24, 2.45) is 11.8 Å². The van der Waals surface area contributed by atoms with Gasteiger partial charge in [0.1, 0.15) is 0 Å². The molecule has 7 heteroatoms. The maximum atomic E-state index is 11.0. The minimum atomic E-state index is -1.07. The van der Waals surface area contributed by atoms with Gasteiger partial charge in [-0.15, -0.1) is 0 Å². The van der Waals surface area contributed by atoms with E-state index in [1.165, 1.54) is 0 Å². The summed E-state index contributed by atoms with van der Waals surface area (Å²) in [4.78, 5) is 11.0. The van der Waals surface area contributed by atoms with Crippen molar-refractivity contribution in [3.8, 4) is 0 Å². The summed E-state index contributed by atoms with van der Waals surface area (Å²) in [5.74, 6) is -0.529. The second-order valence-electron chi connectivity index (χ2n) is 10.3. The van der Waals surface area contributed by atoms with Gasteiger partial charge in [-0.3, -0.25) is 4.79 Å². The van der Waals surface area contributed by atoms with E-state index in [0.717, 1.165) is 18.4 Å². The Hall–Kier alpha value is -1.25. The van der Waals surface area contributed by atoms with E-state index in [0.29, 0.717) is 12.3 Å². The van der Waals surface area contributed by atoms with E-state index in [-0.39, 0.29) is 36.8 Å². The number of carboxylic acids is 1. The highest BCUT2D eigenvalue weighted by Crippen LogP contribution is 2.48. The van der Waals surface area contributed by atoms with Crippen LogP contribution in [0.1, 0.15) is 67.2 Å². The quantitative estimate of drug-likeness (QED) is 0.324. The Kier molecular flexibility index (Phi) is 9.10. The molecule has 0 aromatic carbocycles. The van der Waals surface area contributed by atoms with Crippen LogP contribution in [-0.4, -0.2) is 70.1 Å². The molecule has 0 aromatic heterocycles. The number of carboxylic acid groups (broad SMARTS) is 1. The predicted molar refractivity (Wildman–Crippen MR) is 122 cm³/mol. The van der Waals surface area contributed by atoms with Gasteiger partial charge in [0.25, 0.3) is 0 Å². The number of aliphatic hydroxyl groups excluding tert-OH is 1. The number of ether oxygens (including phenoxy) is 3. The van der Waals surface area contributed by atoms with Gasteiger partial charge >= 0.3 is 5.97 Å². The molecule has 0 aromatic rings. The number of aliphatic hydroxyl groups is 2. The molecule has 0 aliphatic carbocycles. The Morgan fingerprint density at radius 2 is 2.00 bits per heavy atom. The fourth-order valence-corrected chi connectivity index (χ4v) is 5.27. The summed E-state index contributed by atoms with van der Waals surface area (Å²) in [6.07, 6.45) is 6.27. The lowest BCUT2D eigenvalue weighted by Gasteiger charge is -2.35. The summed E-state index contributed by atoms with van der Waals surface area (Å²) in [6, 6.07) is 0. The first kappa shape index (κ1) is 27.0. The molecule has 1 unspecified atom stereocenters. The van der Waals surface area contributed by atoms with E-state index in [4.69, 9.17) is 19.3 Å². The second-order valence-corrected chi connectivity index (χ2v) is 10.3. The first-order chi connectivity index (χ1) is 14.8. The Labute approximate surface area is 192 Å². The molecule has 7 nitrogen and oxygen atoms in total. The molecular weight excluding hydrogens is 412 g/mol. The SMILES string of the molecule is CO[C@H]([C@@H](C)[C@H]1O[C@]1(C)CC(C)(O)/C=C/C=C(\C)[C@@H]1O[C@@H](CC(=O)O)CC[C@@H]1C)[C@@H](C)O. The first-order valence-corrected chi connectivity index (χ1v) is 11.6. The summed E-state index contributed by atoms with van der Waals surface area (Å²) < 4.78 is 17.4. The van der Waals surface area contributed by atoms with Crippen molar-refractivity contribution in [3.05, 3.63) is 23.8 Å². The third-order valence-corrected chi connectivity index (χ3v) is 6.86. The van der Waals surface area contributed by atoms with Gasteiger partial charge in [0, 0.05) is 19.4 Å². The molecule has 9 atom stereocenters. The summed E-state index contributed by atoms with van der Waals surface area (Å²) in [7, 11) is 1.59. The van der Waals surface area contributed by atoms with Gasteiger partial charge in [-0.2, -0.15) is 0 Å². The number of hydrogen-bond acceptors (Lipinski definition) is 6. The topological polar surface area (TPSA) is 109 Å². The van der Waals surface area contributed by atoms with E-state index < -0.39 is 23.3 Å². The molecule has 0 saturated carbocycles. The first-order valence-electron chi connectivity index (χ1n) is 11.6. The Bertz CT molecular complexity index is 698. The zero-order valence-corrected chi connectivity index (χ0v) is 20.6. The highest BCUT2D eigenvalue weighted by molar-refractivity contribution is 5.67. The average Bonchev–Trinajstić information content (AvgIpc) is 3.32. The average molecular weight is 455 g/mol. The van der Waals surface area contributed by atoms with E-state index in [9.17, 15) is 15.0 Å². The number of carbonyl (C=O) groups is 1. The maximum Gasteiger partial charge on any atom is 0.305 e. The van der Waals surface area contributed by atoms with Gasteiger partial charge in [-0.25, -0.2) is 0 Å². The van der Waals surface area contributed by atoms with Gasteiger partial charge < -0.3 is 29.5 Å². The number of aliphatic carboxylic acids is 1. The van der Waals surface area contributed by atoms with Crippen LogP contribution >= 0.6 is 0 Å². The molecule has 2 heterocycles. The normalized spacial score (nSPS) is 35.8. The van der Waals surface area contributed by atoms with Crippen molar-refractivity contribution in [3.63, 3.8) is 0 Å². The molecule has 0 bridgehead atoms. The lowest BCUT2D eigenvalue weighted by Crippen LogP contribution is -2.38.